The Hall–Kier alpha value is -0.960. The fourth-order valence-corrected chi connectivity index (χ4v) is 3.49. The van der Waals surface area contributed by atoms with Crippen LogP contribution in [0.3, 0.4) is 0 Å². The molecule has 18 heavy (non-hydrogen) atoms. The molecule has 1 fully saturated rings. The maximum atomic E-state index is 12.3. The fraction of sp³-hybridized carbons (Fsp3) is 0.700. The first-order chi connectivity index (χ1) is 8.64. The third-order valence-corrected chi connectivity index (χ3v) is 4.91. The van der Waals surface area contributed by atoms with Crippen LogP contribution in [0, 0.1) is 0 Å². The van der Waals surface area contributed by atoms with Crippen LogP contribution in [0.5, 0.6) is 0 Å². The van der Waals surface area contributed by atoms with Crippen molar-refractivity contribution in [3.63, 3.8) is 0 Å². The first kappa shape index (κ1) is 13.5. The fourth-order valence-electron chi connectivity index (χ4n) is 2.12. The third-order valence-electron chi connectivity index (χ3n) is 3.09. The SMILES string of the molecule is NCCN1CCCN(S(=O)(=O)c2ccn[nH]2)CC1. The summed E-state index contributed by atoms with van der Waals surface area (Å²) in [6.07, 6.45) is 2.28. The van der Waals surface area contributed by atoms with E-state index >= 15 is 0 Å². The van der Waals surface area contributed by atoms with Crippen molar-refractivity contribution in [2.24, 2.45) is 5.73 Å². The summed E-state index contributed by atoms with van der Waals surface area (Å²) in [5.74, 6) is 0. The number of hydrogen-bond donors (Lipinski definition) is 2. The molecular formula is C10H19N5O2S. The van der Waals surface area contributed by atoms with Crippen molar-refractivity contribution in [3.05, 3.63) is 12.3 Å². The van der Waals surface area contributed by atoms with Crippen molar-refractivity contribution in [2.45, 2.75) is 11.4 Å². The van der Waals surface area contributed by atoms with Crippen molar-refractivity contribution in [1.82, 2.24) is 19.4 Å². The molecule has 2 rings (SSSR count). The van der Waals surface area contributed by atoms with Crippen LogP contribution < -0.4 is 5.73 Å². The zero-order valence-corrected chi connectivity index (χ0v) is 11.1. The number of nitrogens with two attached hydrogens (primary N) is 1. The lowest BCUT2D eigenvalue weighted by Gasteiger charge is -2.20. The number of hydrogen-bond acceptors (Lipinski definition) is 5. The summed E-state index contributed by atoms with van der Waals surface area (Å²) >= 11 is 0. The average Bonchev–Trinajstić information content (AvgIpc) is 2.78. The minimum Gasteiger partial charge on any atom is -0.329 e. The van der Waals surface area contributed by atoms with E-state index in [0.717, 1.165) is 26.1 Å². The molecule has 1 saturated heterocycles. The van der Waals surface area contributed by atoms with Crippen molar-refractivity contribution in [1.29, 1.82) is 0 Å². The minimum absolute atomic E-state index is 0.162. The van der Waals surface area contributed by atoms with Gasteiger partial charge < -0.3 is 10.6 Å². The lowest BCUT2D eigenvalue weighted by Crippen LogP contribution is -2.36. The second-order valence-electron chi connectivity index (χ2n) is 4.31. The topological polar surface area (TPSA) is 95.3 Å². The first-order valence-corrected chi connectivity index (χ1v) is 7.50. The predicted octanol–water partition coefficient (Wildman–Crippen LogP) is -0.935. The molecule has 2 heterocycles. The van der Waals surface area contributed by atoms with E-state index < -0.39 is 10.0 Å². The van der Waals surface area contributed by atoms with Gasteiger partial charge in [-0.2, -0.15) is 9.40 Å². The van der Waals surface area contributed by atoms with Gasteiger partial charge in [0.2, 0.25) is 0 Å². The molecule has 0 bridgehead atoms. The van der Waals surface area contributed by atoms with Crippen LogP contribution in [0.4, 0.5) is 0 Å². The molecule has 1 aromatic heterocycles. The van der Waals surface area contributed by atoms with E-state index in [9.17, 15) is 8.42 Å². The largest absolute Gasteiger partial charge is 0.329 e. The number of nitrogens with zero attached hydrogens (tertiary/aromatic N) is 3. The van der Waals surface area contributed by atoms with Gasteiger partial charge in [0, 0.05) is 32.7 Å². The Bertz CT molecular complexity index is 459. The molecule has 1 aliphatic heterocycles. The number of aromatic nitrogens is 2. The van der Waals surface area contributed by atoms with Crippen LogP contribution in [-0.2, 0) is 10.0 Å². The second kappa shape index (κ2) is 5.79. The molecule has 3 N–H and O–H groups in total. The highest BCUT2D eigenvalue weighted by Crippen LogP contribution is 2.14. The highest BCUT2D eigenvalue weighted by atomic mass is 32.2. The Morgan fingerprint density at radius 1 is 1.33 bits per heavy atom. The van der Waals surface area contributed by atoms with Crippen LogP contribution in [0.1, 0.15) is 6.42 Å². The Kier molecular flexibility index (Phi) is 4.33. The molecule has 0 amide bonds. The van der Waals surface area contributed by atoms with Gasteiger partial charge in [0.25, 0.3) is 10.0 Å². The Morgan fingerprint density at radius 3 is 2.83 bits per heavy atom. The standard InChI is InChI=1S/C10H19N5O2S/c11-3-7-14-5-1-6-15(9-8-14)18(16,17)10-2-4-12-13-10/h2,4H,1,3,5-9,11H2,(H,12,13). The van der Waals surface area contributed by atoms with Gasteiger partial charge in [0.15, 0.2) is 5.03 Å². The summed E-state index contributed by atoms with van der Waals surface area (Å²) in [5.41, 5.74) is 5.52. The third kappa shape index (κ3) is 2.89. The summed E-state index contributed by atoms with van der Waals surface area (Å²) < 4.78 is 26.1. The molecular weight excluding hydrogens is 254 g/mol. The zero-order chi connectivity index (χ0) is 13.0. The van der Waals surface area contributed by atoms with Gasteiger partial charge in [-0.05, 0) is 19.0 Å². The van der Waals surface area contributed by atoms with Gasteiger partial charge in [-0.25, -0.2) is 8.42 Å². The van der Waals surface area contributed by atoms with E-state index in [1.807, 2.05) is 0 Å². The van der Waals surface area contributed by atoms with Crippen molar-refractivity contribution in [2.75, 3.05) is 39.3 Å². The minimum atomic E-state index is -3.42. The lowest BCUT2D eigenvalue weighted by atomic mass is 10.4. The van der Waals surface area contributed by atoms with Crippen LogP contribution in [-0.4, -0.2) is 67.1 Å². The molecule has 102 valence electrons. The van der Waals surface area contributed by atoms with Gasteiger partial charge in [0.1, 0.15) is 0 Å². The number of nitrogens with one attached hydrogen (secondary N) is 1. The molecule has 0 atom stereocenters. The summed E-state index contributed by atoms with van der Waals surface area (Å²) in [7, 11) is -3.42. The van der Waals surface area contributed by atoms with Gasteiger partial charge >= 0.3 is 0 Å². The van der Waals surface area contributed by atoms with E-state index in [1.54, 1.807) is 0 Å². The highest BCUT2D eigenvalue weighted by molar-refractivity contribution is 7.89. The molecule has 0 aliphatic carbocycles. The maximum absolute atomic E-state index is 12.3. The number of sulfonamides is 1. The summed E-state index contributed by atoms with van der Waals surface area (Å²) in [5, 5.41) is 6.37. The van der Waals surface area contributed by atoms with Crippen LogP contribution in [0.2, 0.25) is 0 Å². The van der Waals surface area contributed by atoms with Gasteiger partial charge in [0.05, 0.1) is 6.20 Å². The Morgan fingerprint density at radius 2 is 2.17 bits per heavy atom. The van der Waals surface area contributed by atoms with Crippen LogP contribution >= 0.6 is 0 Å². The van der Waals surface area contributed by atoms with E-state index in [0.29, 0.717) is 19.6 Å². The van der Waals surface area contributed by atoms with E-state index in [2.05, 4.69) is 15.1 Å². The average molecular weight is 273 g/mol. The van der Waals surface area contributed by atoms with E-state index in [-0.39, 0.29) is 5.03 Å². The second-order valence-corrected chi connectivity index (χ2v) is 6.22. The molecule has 0 saturated carbocycles. The Labute approximate surface area is 107 Å². The molecule has 7 nitrogen and oxygen atoms in total. The summed E-state index contributed by atoms with van der Waals surface area (Å²) in [4.78, 5) is 2.20. The summed E-state index contributed by atoms with van der Waals surface area (Å²) in [6, 6.07) is 1.48. The highest BCUT2D eigenvalue weighted by Gasteiger charge is 2.27. The molecule has 0 spiro atoms. The first-order valence-electron chi connectivity index (χ1n) is 6.06. The van der Waals surface area contributed by atoms with Crippen molar-refractivity contribution in [3.8, 4) is 0 Å². The zero-order valence-electron chi connectivity index (χ0n) is 10.2. The van der Waals surface area contributed by atoms with Crippen molar-refractivity contribution >= 4 is 10.0 Å². The van der Waals surface area contributed by atoms with Crippen LogP contribution in [0.15, 0.2) is 17.3 Å². The summed E-state index contributed by atoms with van der Waals surface area (Å²) in [6.45, 7) is 4.09. The molecule has 1 aliphatic rings. The van der Waals surface area contributed by atoms with E-state index in [1.165, 1.54) is 16.6 Å². The quantitative estimate of drug-likeness (QED) is 0.738. The van der Waals surface area contributed by atoms with Crippen molar-refractivity contribution < 1.29 is 8.42 Å². The molecule has 0 radical (unpaired) electrons. The molecule has 1 aromatic rings. The molecule has 0 aromatic carbocycles. The monoisotopic (exact) mass is 273 g/mol. The maximum Gasteiger partial charge on any atom is 0.260 e. The number of H-pyrrole nitrogens is 1. The number of aromatic amines is 1. The predicted molar refractivity (Wildman–Crippen MR) is 67.5 cm³/mol. The van der Waals surface area contributed by atoms with Gasteiger partial charge in [-0.15, -0.1) is 0 Å². The smallest absolute Gasteiger partial charge is 0.260 e. The van der Waals surface area contributed by atoms with Gasteiger partial charge in [-0.3, -0.25) is 5.10 Å². The molecule has 0 unspecified atom stereocenters. The Balaban J connectivity index is 2.06. The normalized spacial score (nSPS) is 19.8. The van der Waals surface area contributed by atoms with Gasteiger partial charge in [-0.1, -0.05) is 0 Å². The van der Waals surface area contributed by atoms with E-state index in [4.69, 9.17) is 5.73 Å². The lowest BCUT2D eigenvalue weighted by molar-refractivity contribution is 0.294. The van der Waals surface area contributed by atoms with Crippen LogP contribution in [0.25, 0.3) is 0 Å². The molecule has 8 heteroatoms. The number of rotatable bonds is 4.